The second-order valence-corrected chi connectivity index (χ2v) is 3.69. The molecule has 0 saturated carbocycles. The van der Waals surface area contributed by atoms with Crippen LogP contribution in [0.5, 0.6) is 0 Å². The van der Waals surface area contributed by atoms with E-state index in [0.29, 0.717) is 16.4 Å². The van der Waals surface area contributed by atoms with E-state index in [1.807, 2.05) is 13.1 Å². The summed E-state index contributed by atoms with van der Waals surface area (Å²) in [5.74, 6) is 0.875. The second kappa shape index (κ2) is 3.38. The Kier molecular flexibility index (Phi) is 2.20. The van der Waals surface area contributed by atoms with Crippen molar-refractivity contribution in [3.63, 3.8) is 0 Å². The van der Waals surface area contributed by atoms with Gasteiger partial charge in [-0.2, -0.15) is 10.1 Å². The van der Waals surface area contributed by atoms with Crippen LogP contribution < -0.4 is 5.73 Å². The summed E-state index contributed by atoms with van der Waals surface area (Å²) in [5.41, 5.74) is 6.63. The fourth-order valence-corrected chi connectivity index (χ4v) is 1.44. The van der Waals surface area contributed by atoms with E-state index in [0.717, 1.165) is 5.56 Å². The Labute approximate surface area is 89.1 Å². The first-order valence-electron chi connectivity index (χ1n) is 3.97. The largest absolute Gasteiger partial charge is 0.383 e. The average molecular weight is 254 g/mol. The maximum atomic E-state index is 5.58. The average Bonchev–Trinajstić information content (AvgIpc) is 2.50. The SMILES string of the molecule is Cc1cnn(-c2nc(N)cc(Br)n2)c1. The summed E-state index contributed by atoms with van der Waals surface area (Å²) in [7, 11) is 0. The minimum Gasteiger partial charge on any atom is -0.383 e. The van der Waals surface area contributed by atoms with E-state index in [-0.39, 0.29) is 0 Å². The van der Waals surface area contributed by atoms with Crippen molar-refractivity contribution in [2.45, 2.75) is 6.92 Å². The molecule has 14 heavy (non-hydrogen) atoms. The van der Waals surface area contributed by atoms with Crippen LogP contribution in [0.1, 0.15) is 5.56 Å². The number of hydrogen-bond acceptors (Lipinski definition) is 4. The molecule has 0 radical (unpaired) electrons. The predicted molar refractivity (Wildman–Crippen MR) is 56.0 cm³/mol. The smallest absolute Gasteiger partial charge is 0.253 e. The molecule has 0 spiro atoms. The zero-order valence-electron chi connectivity index (χ0n) is 7.48. The zero-order valence-corrected chi connectivity index (χ0v) is 9.06. The number of rotatable bonds is 1. The molecular weight excluding hydrogens is 246 g/mol. The lowest BCUT2D eigenvalue weighted by Crippen LogP contribution is -2.04. The van der Waals surface area contributed by atoms with Gasteiger partial charge in [0.2, 0.25) is 0 Å². The summed E-state index contributed by atoms with van der Waals surface area (Å²) in [6.07, 6.45) is 3.57. The summed E-state index contributed by atoms with van der Waals surface area (Å²) in [6, 6.07) is 1.64. The van der Waals surface area contributed by atoms with Gasteiger partial charge in [0.1, 0.15) is 10.4 Å². The molecule has 0 aliphatic heterocycles. The molecule has 72 valence electrons. The van der Waals surface area contributed by atoms with Crippen molar-refractivity contribution in [2.75, 3.05) is 5.73 Å². The highest BCUT2D eigenvalue weighted by molar-refractivity contribution is 9.10. The molecule has 2 aromatic rings. The van der Waals surface area contributed by atoms with Crippen LogP contribution in [0.15, 0.2) is 23.1 Å². The molecule has 0 aromatic carbocycles. The van der Waals surface area contributed by atoms with E-state index < -0.39 is 0 Å². The monoisotopic (exact) mass is 253 g/mol. The highest BCUT2D eigenvalue weighted by atomic mass is 79.9. The topological polar surface area (TPSA) is 69.6 Å². The quantitative estimate of drug-likeness (QED) is 0.779. The lowest BCUT2D eigenvalue weighted by Gasteiger charge is -2.00. The Morgan fingerprint density at radius 3 is 2.79 bits per heavy atom. The molecule has 5 nitrogen and oxygen atoms in total. The van der Waals surface area contributed by atoms with Crippen molar-refractivity contribution in [2.24, 2.45) is 0 Å². The van der Waals surface area contributed by atoms with E-state index >= 15 is 0 Å². The molecule has 0 atom stereocenters. The van der Waals surface area contributed by atoms with E-state index in [1.54, 1.807) is 16.9 Å². The van der Waals surface area contributed by atoms with Crippen molar-refractivity contribution >= 4 is 21.7 Å². The first kappa shape index (κ1) is 9.14. The molecule has 0 bridgehead atoms. The van der Waals surface area contributed by atoms with Crippen LogP contribution in [0.3, 0.4) is 0 Å². The number of anilines is 1. The molecule has 0 aliphatic rings. The fourth-order valence-electron chi connectivity index (χ4n) is 1.05. The third-order valence-corrected chi connectivity index (χ3v) is 2.03. The van der Waals surface area contributed by atoms with Crippen molar-refractivity contribution in [1.82, 2.24) is 19.7 Å². The normalized spacial score (nSPS) is 10.4. The summed E-state index contributed by atoms with van der Waals surface area (Å²) in [5, 5.41) is 4.08. The predicted octanol–water partition coefficient (Wildman–Crippen LogP) is 1.32. The molecule has 0 aliphatic carbocycles. The Morgan fingerprint density at radius 1 is 1.43 bits per heavy atom. The van der Waals surface area contributed by atoms with Gasteiger partial charge < -0.3 is 5.73 Å². The van der Waals surface area contributed by atoms with E-state index in [1.165, 1.54) is 0 Å². The molecule has 2 heterocycles. The highest BCUT2D eigenvalue weighted by Gasteiger charge is 2.03. The molecule has 0 saturated heterocycles. The van der Waals surface area contributed by atoms with E-state index in [9.17, 15) is 0 Å². The van der Waals surface area contributed by atoms with Crippen molar-refractivity contribution < 1.29 is 0 Å². The Balaban J connectivity index is 2.51. The Bertz CT molecular complexity index is 444. The zero-order chi connectivity index (χ0) is 10.1. The highest BCUT2D eigenvalue weighted by Crippen LogP contribution is 2.11. The lowest BCUT2D eigenvalue weighted by atomic mass is 10.4. The summed E-state index contributed by atoms with van der Waals surface area (Å²) in [4.78, 5) is 8.20. The lowest BCUT2D eigenvalue weighted by molar-refractivity contribution is 0.806. The van der Waals surface area contributed by atoms with Crippen LogP contribution in [0.2, 0.25) is 0 Å². The van der Waals surface area contributed by atoms with Crippen LogP contribution in [0.25, 0.3) is 5.95 Å². The van der Waals surface area contributed by atoms with Crippen LogP contribution in [-0.4, -0.2) is 19.7 Å². The van der Waals surface area contributed by atoms with Gasteiger partial charge in [-0.1, -0.05) is 0 Å². The first-order chi connectivity index (χ1) is 6.65. The van der Waals surface area contributed by atoms with Gasteiger partial charge in [-0.15, -0.1) is 0 Å². The van der Waals surface area contributed by atoms with E-state index in [2.05, 4.69) is 31.0 Å². The first-order valence-corrected chi connectivity index (χ1v) is 4.76. The van der Waals surface area contributed by atoms with Crippen LogP contribution >= 0.6 is 15.9 Å². The Morgan fingerprint density at radius 2 is 2.21 bits per heavy atom. The molecule has 2 aromatic heterocycles. The minimum atomic E-state index is 0.412. The molecule has 2 rings (SSSR count). The summed E-state index contributed by atoms with van der Waals surface area (Å²) in [6.45, 7) is 1.95. The minimum absolute atomic E-state index is 0.412. The number of halogens is 1. The number of nitrogens with two attached hydrogens (primary N) is 1. The number of nitrogens with zero attached hydrogens (tertiary/aromatic N) is 4. The number of nitrogen functional groups attached to an aromatic ring is 1. The van der Waals surface area contributed by atoms with Gasteiger partial charge in [-0.3, -0.25) is 0 Å². The fraction of sp³-hybridized carbons (Fsp3) is 0.125. The van der Waals surface area contributed by atoms with E-state index in [4.69, 9.17) is 5.73 Å². The third-order valence-electron chi connectivity index (χ3n) is 1.62. The molecule has 0 unspecified atom stereocenters. The third kappa shape index (κ3) is 1.74. The van der Waals surface area contributed by atoms with Crippen LogP contribution in [0, 0.1) is 6.92 Å². The van der Waals surface area contributed by atoms with Gasteiger partial charge in [0.15, 0.2) is 0 Å². The number of aryl methyl sites for hydroxylation is 1. The number of aromatic nitrogens is 4. The van der Waals surface area contributed by atoms with Crippen molar-refractivity contribution in [3.8, 4) is 5.95 Å². The van der Waals surface area contributed by atoms with Gasteiger partial charge >= 0.3 is 0 Å². The Hall–Kier alpha value is -1.43. The maximum absolute atomic E-state index is 5.58. The summed E-state index contributed by atoms with van der Waals surface area (Å²) >= 11 is 3.24. The van der Waals surface area contributed by atoms with Crippen molar-refractivity contribution in [3.05, 3.63) is 28.6 Å². The second-order valence-electron chi connectivity index (χ2n) is 2.88. The van der Waals surface area contributed by atoms with Crippen LogP contribution in [0.4, 0.5) is 5.82 Å². The molecular formula is C8H8BrN5. The number of hydrogen-bond donors (Lipinski definition) is 1. The molecule has 0 amide bonds. The molecule has 2 N–H and O–H groups in total. The van der Waals surface area contributed by atoms with Crippen molar-refractivity contribution in [1.29, 1.82) is 0 Å². The van der Waals surface area contributed by atoms with Crippen LogP contribution in [-0.2, 0) is 0 Å². The van der Waals surface area contributed by atoms with Gasteiger partial charge in [0.25, 0.3) is 5.95 Å². The summed E-state index contributed by atoms with van der Waals surface area (Å²) < 4.78 is 2.23. The molecule has 0 fully saturated rings. The van der Waals surface area contributed by atoms with Gasteiger partial charge in [0.05, 0.1) is 6.20 Å². The van der Waals surface area contributed by atoms with Gasteiger partial charge in [0, 0.05) is 12.3 Å². The van der Waals surface area contributed by atoms with Gasteiger partial charge in [-0.25, -0.2) is 9.67 Å². The van der Waals surface area contributed by atoms with Gasteiger partial charge in [-0.05, 0) is 28.4 Å². The maximum Gasteiger partial charge on any atom is 0.253 e. The standard InChI is InChI=1S/C8H8BrN5/c1-5-3-11-14(4-5)8-12-6(9)2-7(10)13-8/h2-4H,1H3,(H2,10,12,13). The molecule has 6 heteroatoms.